The third-order valence-electron chi connectivity index (χ3n) is 13.5. The number of aliphatic hydroxyl groups is 1. The molecule has 3 aliphatic carbocycles. The molecule has 62 heavy (non-hydrogen) atoms. The molecular formula is C46H55NO15. The molecule has 0 aromatic heterocycles. The first-order chi connectivity index (χ1) is 29.1. The van der Waals surface area contributed by atoms with Crippen LogP contribution in [0, 0.1) is 22.7 Å². The Morgan fingerprint density at radius 1 is 0.823 bits per heavy atom. The minimum absolute atomic E-state index is 0.0531. The van der Waals surface area contributed by atoms with E-state index in [1.54, 1.807) is 25.1 Å². The highest BCUT2D eigenvalue weighted by Crippen LogP contribution is 2.67. The second-order valence-electron chi connectivity index (χ2n) is 17.4. The van der Waals surface area contributed by atoms with Gasteiger partial charge in [-0.25, -0.2) is 4.79 Å². The summed E-state index contributed by atoms with van der Waals surface area (Å²) >= 11 is 0. The number of hydrogen-bond donors (Lipinski definition) is 1. The standard InChI is InChI=1S/C46H55NO15/c1-25-34(62-37(53)21-33(47(8)9)30-16-12-10-13-17-30)22-36(58-26(2)48)45(24-56-42(54)31-18-14-11-15-19-31)38(25)39(59-27(3)49)32-20-35(52)44(7)46(55,43(32,6)23-57-44)41(61-29(5)51)40(45)60-28(4)50/h10-19,32-34,36,38-41,55H,1,20-24H2,2-9H3/t32-,33+,34-,36-,38-,39+,40-,41-,43+,44-,45+,46-/m0/s1. The fourth-order valence-corrected chi connectivity index (χ4v) is 10.6. The van der Waals surface area contributed by atoms with Crippen molar-refractivity contribution in [1.82, 2.24) is 4.90 Å². The fourth-order valence-electron chi connectivity index (χ4n) is 10.6. The first-order valence-corrected chi connectivity index (χ1v) is 20.5. The lowest BCUT2D eigenvalue weighted by molar-refractivity contribution is -0.302. The van der Waals surface area contributed by atoms with Crippen LogP contribution in [-0.2, 0) is 61.9 Å². The Morgan fingerprint density at radius 3 is 1.95 bits per heavy atom. The number of benzene rings is 2. The Labute approximate surface area is 360 Å². The van der Waals surface area contributed by atoms with Gasteiger partial charge in [-0.3, -0.25) is 28.8 Å². The fraction of sp³-hybridized carbons (Fsp3) is 0.543. The third kappa shape index (κ3) is 7.81. The Kier molecular flexibility index (Phi) is 12.9. The third-order valence-corrected chi connectivity index (χ3v) is 13.5. The zero-order valence-corrected chi connectivity index (χ0v) is 36.2. The summed E-state index contributed by atoms with van der Waals surface area (Å²) in [7, 11) is 3.62. The first kappa shape index (κ1) is 46.1. The lowest BCUT2D eigenvalue weighted by Gasteiger charge is -2.65. The van der Waals surface area contributed by atoms with E-state index < -0.39 is 119 Å². The van der Waals surface area contributed by atoms with Crippen molar-refractivity contribution in [1.29, 1.82) is 0 Å². The van der Waals surface area contributed by atoms with Crippen molar-refractivity contribution >= 4 is 41.6 Å². The van der Waals surface area contributed by atoms with Gasteiger partial charge in [0.2, 0.25) is 0 Å². The van der Waals surface area contributed by atoms with Gasteiger partial charge in [0.25, 0.3) is 0 Å². The molecule has 4 fully saturated rings. The predicted octanol–water partition coefficient (Wildman–Crippen LogP) is 3.87. The number of rotatable bonds is 12. The van der Waals surface area contributed by atoms with Gasteiger partial charge >= 0.3 is 35.8 Å². The SMILES string of the molecule is C=C1[C@@H](OC(=O)C[C@H](c2ccccc2)N(C)C)C[C@H](OC(C)=O)[C@@]2(COC(=O)c3ccccc3)[C@@H](OC(C)=O)[C@H](OC(C)=O)[C@@]3(O)[C@@]4(C)OC[C@]3(C)[C@@H](CC4=O)[C@@H](OC(C)=O)[C@H]12. The summed E-state index contributed by atoms with van der Waals surface area (Å²) in [5, 5.41) is 13.5. The molecule has 1 heterocycles. The highest BCUT2D eigenvalue weighted by atomic mass is 16.6. The number of ether oxygens (including phenoxy) is 7. The lowest BCUT2D eigenvalue weighted by Crippen LogP contribution is -2.81. The molecule has 0 radical (unpaired) electrons. The van der Waals surface area contributed by atoms with Gasteiger partial charge in [0.1, 0.15) is 30.5 Å². The van der Waals surface area contributed by atoms with E-state index >= 15 is 0 Å². The zero-order chi connectivity index (χ0) is 45.5. The monoisotopic (exact) mass is 861 g/mol. The van der Waals surface area contributed by atoms with Gasteiger partial charge in [-0.15, -0.1) is 0 Å². The van der Waals surface area contributed by atoms with Crippen molar-refractivity contribution in [2.75, 3.05) is 27.3 Å². The van der Waals surface area contributed by atoms with Crippen molar-refractivity contribution in [2.24, 2.45) is 22.7 Å². The summed E-state index contributed by atoms with van der Waals surface area (Å²) in [6.45, 7) is 10.6. The molecule has 1 N–H and O–H groups in total. The maximum absolute atomic E-state index is 14.5. The van der Waals surface area contributed by atoms with Crippen LogP contribution in [0.3, 0.4) is 0 Å². The normalized spacial score (nSPS) is 34.1. The van der Waals surface area contributed by atoms with Crippen LogP contribution >= 0.6 is 0 Å². The van der Waals surface area contributed by atoms with Gasteiger partial charge in [0.15, 0.2) is 23.6 Å². The summed E-state index contributed by atoms with van der Waals surface area (Å²) in [6.07, 6.45) is -9.27. The topological polar surface area (TPSA) is 208 Å². The van der Waals surface area contributed by atoms with E-state index in [1.165, 1.54) is 19.1 Å². The lowest BCUT2D eigenvalue weighted by atomic mass is 9.43. The zero-order valence-electron chi connectivity index (χ0n) is 36.2. The quantitative estimate of drug-likeness (QED) is 0.183. The van der Waals surface area contributed by atoms with E-state index in [1.807, 2.05) is 49.3 Å². The van der Waals surface area contributed by atoms with E-state index in [0.29, 0.717) is 0 Å². The second-order valence-corrected chi connectivity index (χ2v) is 17.4. The molecular weight excluding hydrogens is 806 g/mol. The number of nitrogens with zero attached hydrogens (tertiary/aromatic N) is 1. The van der Waals surface area contributed by atoms with Gasteiger partial charge in [-0.05, 0) is 44.3 Å². The summed E-state index contributed by atoms with van der Waals surface area (Å²) in [5.41, 5.74) is -7.44. The van der Waals surface area contributed by atoms with Gasteiger partial charge in [0, 0.05) is 63.8 Å². The van der Waals surface area contributed by atoms with Crippen LogP contribution in [0.25, 0.3) is 0 Å². The number of fused-ring (bicyclic) bond motifs is 1. The van der Waals surface area contributed by atoms with Crippen molar-refractivity contribution in [3.8, 4) is 0 Å². The van der Waals surface area contributed by atoms with Crippen LogP contribution in [0.4, 0.5) is 0 Å². The molecule has 1 aliphatic heterocycles. The number of carbonyl (C=O) groups excluding carboxylic acids is 7. The van der Waals surface area contributed by atoms with E-state index in [0.717, 1.165) is 33.3 Å². The number of ketones is 1. The van der Waals surface area contributed by atoms with Crippen LogP contribution in [0.15, 0.2) is 72.8 Å². The summed E-state index contributed by atoms with van der Waals surface area (Å²) in [4.78, 5) is 98.0. The molecule has 4 bridgehead atoms. The van der Waals surface area contributed by atoms with Crippen molar-refractivity contribution in [3.63, 3.8) is 0 Å². The Morgan fingerprint density at radius 2 is 1.39 bits per heavy atom. The Hall–Kier alpha value is -5.45. The summed E-state index contributed by atoms with van der Waals surface area (Å²) in [5.74, 6) is -8.52. The van der Waals surface area contributed by atoms with E-state index in [9.17, 15) is 38.7 Å². The molecule has 6 rings (SSSR count). The number of hydrogen-bond acceptors (Lipinski definition) is 16. The molecule has 2 aromatic rings. The predicted molar refractivity (Wildman–Crippen MR) is 217 cm³/mol. The molecule has 334 valence electrons. The maximum atomic E-state index is 14.5. The van der Waals surface area contributed by atoms with Crippen LogP contribution in [0.5, 0.6) is 0 Å². The largest absolute Gasteiger partial charge is 0.462 e. The average Bonchev–Trinajstić information content (AvgIpc) is 3.35. The molecule has 3 saturated carbocycles. The van der Waals surface area contributed by atoms with E-state index in [-0.39, 0.29) is 37.0 Å². The molecule has 0 spiro atoms. The minimum Gasteiger partial charge on any atom is -0.462 e. The molecule has 0 amide bonds. The van der Waals surface area contributed by atoms with E-state index in [4.69, 9.17) is 33.2 Å². The van der Waals surface area contributed by atoms with Crippen molar-refractivity contribution in [3.05, 3.63) is 83.9 Å². The van der Waals surface area contributed by atoms with Crippen LogP contribution in [0.1, 0.15) is 82.8 Å². The average molecular weight is 862 g/mol. The number of carbonyl (C=O) groups is 7. The molecule has 4 aliphatic rings. The van der Waals surface area contributed by atoms with Crippen molar-refractivity contribution in [2.45, 2.75) is 109 Å². The maximum Gasteiger partial charge on any atom is 0.338 e. The van der Waals surface area contributed by atoms with Gasteiger partial charge in [0.05, 0.1) is 24.0 Å². The molecule has 16 heteroatoms. The van der Waals surface area contributed by atoms with E-state index in [2.05, 4.69) is 6.58 Å². The molecule has 2 aromatic carbocycles. The summed E-state index contributed by atoms with van der Waals surface area (Å²) < 4.78 is 43.2. The second kappa shape index (κ2) is 17.4. The molecule has 0 unspecified atom stereocenters. The van der Waals surface area contributed by atoms with Crippen LogP contribution in [0.2, 0.25) is 0 Å². The van der Waals surface area contributed by atoms with Crippen LogP contribution in [-0.4, -0.2) is 121 Å². The summed E-state index contributed by atoms with van der Waals surface area (Å²) in [6, 6.07) is 16.7. The highest BCUT2D eigenvalue weighted by molar-refractivity contribution is 5.92. The Balaban J connectivity index is 1.63. The smallest absolute Gasteiger partial charge is 0.338 e. The minimum atomic E-state index is -2.55. The number of esters is 6. The van der Waals surface area contributed by atoms with Gasteiger partial charge < -0.3 is 43.2 Å². The highest BCUT2D eigenvalue weighted by Gasteiger charge is 2.83. The first-order valence-electron chi connectivity index (χ1n) is 20.5. The Bertz CT molecular complexity index is 2110. The van der Waals surface area contributed by atoms with Gasteiger partial charge in [-0.1, -0.05) is 62.0 Å². The molecule has 1 saturated heterocycles. The molecule has 12 atom stereocenters. The van der Waals surface area contributed by atoms with Gasteiger partial charge in [-0.2, -0.15) is 0 Å². The van der Waals surface area contributed by atoms with Crippen LogP contribution < -0.4 is 0 Å². The van der Waals surface area contributed by atoms with Crippen molar-refractivity contribution < 1.29 is 71.8 Å². The molecule has 16 nitrogen and oxygen atoms in total. The number of Topliss-reactive ketones (excluding diaryl/α,β-unsaturated/α-hetero) is 1.